The maximum atomic E-state index is 14.2. The second-order valence-electron chi connectivity index (χ2n) is 6.57. The van der Waals surface area contributed by atoms with Gasteiger partial charge in [0.1, 0.15) is 11.6 Å². The summed E-state index contributed by atoms with van der Waals surface area (Å²) in [7, 11) is -2.27. The van der Waals surface area contributed by atoms with Gasteiger partial charge in [-0.15, -0.1) is 11.3 Å². The Labute approximate surface area is 179 Å². The number of benzene rings is 2. The van der Waals surface area contributed by atoms with Crippen LogP contribution in [0, 0.1) is 12.7 Å². The number of rotatable bonds is 7. The molecule has 9 heteroatoms. The van der Waals surface area contributed by atoms with Crippen molar-refractivity contribution in [2.75, 3.05) is 25.5 Å². The van der Waals surface area contributed by atoms with Gasteiger partial charge in [0.2, 0.25) is 10.0 Å². The first-order valence-electron chi connectivity index (χ1n) is 9.41. The van der Waals surface area contributed by atoms with Gasteiger partial charge < -0.3 is 10.1 Å². The number of hydrogen-bond donors (Lipinski definition) is 1. The first kappa shape index (κ1) is 22.2. The first-order chi connectivity index (χ1) is 14.2. The summed E-state index contributed by atoms with van der Waals surface area (Å²) in [6, 6.07) is 9.04. The van der Waals surface area contributed by atoms with Crippen LogP contribution in [0.2, 0.25) is 0 Å². The summed E-state index contributed by atoms with van der Waals surface area (Å²) >= 11 is 1.18. The van der Waals surface area contributed by atoms with E-state index < -0.39 is 15.9 Å². The minimum absolute atomic E-state index is 0.0569. The van der Waals surface area contributed by atoms with Gasteiger partial charge in [0.15, 0.2) is 0 Å². The Morgan fingerprint density at radius 1 is 1.20 bits per heavy atom. The van der Waals surface area contributed by atoms with Gasteiger partial charge in [0.25, 0.3) is 5.91 Å². The number of carbonyl (C=O) groups is 1. The zero-order chi connectivity index (χ0) is 22.1. The van der Waals surface area contributed by atoms with Crippen LogP contribution >= 0.6 is 11.3 Å². The van der Waals surface area contributed by atoms with Crippen LogP contribution in [0.15, 0.2) is 41.3 Å². The van der Waals surface area contributed by atoms with Crippen LogP contribution in [0.25, 0.3) is 10.1 Å². The number of ether oxygens (including phenoxy) is 1. The molecule has 0 radical (unpaired) electrons. The lowest BCUT2D eigenvalue weighted by molar-refractivity contribution is 0.102. The fourth-order valence-electron chi connectivity index (χ4n) is 3.31. The molecule has 3 aromatic rings. The number of anilines is 1. The van der Waals surface area contributed by atoms with Crippen LogP contribution in [0.4, 0.5) is 10.1 Å². The van der Waals surface area contributed by atoms with Gasteiger partial charge in [-0.1, -0.05) is 19.9 Å². The number of nitrogens with one attached hydrogen (secondary N) is 1. The molecule has 0 aliphatic rings. The fraction of sp³-hybridized carbons (Fsp3) is 0.286. The Bertz CT molecular complexity index is 1200. The number of sulfonamides is 1. The highest BCUT2D eigenvalue weighted by molar-refractivity contribution is 7.89. The van der Waals surface area contributed by atoms with Gasteiger partial charge in [-0.25, -0.2) is 12.8 Å². The minimum Gasteiger partial charge on any atom is -0.495 e. The topological polar surface area (TPSA) is 75.7 Å². The molecule has 160 valence electrons. The zero-order valence-corrected chi connectivity index (χ0v) is 18.8. The average molecular weight is 451 g/mol. The molecule has 1 amide bonds. The predicted octanol–water partition coefficient (Wildman–Crippen LogP) is 4.64. The number of halogens is 1. The van der Waals surface area contributed by atoms with Crippen molar-refractivity contribution >= 4 is 43.0 Å². The number of amides is 1. The highest BCUT2D eigenvalue weighted by Gasteiger charge is 2.24. The van der Waals surface area contributed by atoms with Crippen LogP contribution in [0.5, 0.6) is 5.75 Å². The van der Waals surface area contributed by atoms with Crippen LogP contribution in [0.3, 0.4) is 0 Å². The smallest absolute Gasteiger partial charge is 0.266 e. The Morgan fingerprint density at radius 3 is 2.50 bits per heavy atom. The van der Waals surface area contributed by atoms with E-state index >= 15 is 0 Å². The second kappa shape index (κ2) is 8.71. The normalized spacial score (nSPS) is 11.8. The van der Waals surface area contributed by atoms with Gasteiger partial charge in [0.05, 0.1) is 22.6 Å². The average Bonchev–Trinajstić information content (AvgIpc) is 3.06. The molecule has 0 saturated carbocycles. The van der Waals surface area contributed by atoms with Crippen molar-refractivity contribution in [3.8, 4) is 5.75 Å². The van der Waals surface area contributed by atoms with Crippen molar-refractivity contribution in [3.63, 3.8) is 0 Å². The van der Waals surface area contributed by atoms with Crippen molar-refractivity contribution in [3.05, 3.63) is 52.7 Å². The van der Waals surface area contributed by atoms with Crippen molar-refractivity contribution in [1.29, 1.82) is 0 Å². The molecule has 6 nitrogen and oxygen atoms in total. The molecule has 1 aromatic heterocycles. The highest BCUT2D eigenvalue weighted by atomic mass is 32.2. The van der Waals surface area contributed by atoms with E-state index in [2.05, 4.69) is 5.32 Å². The van der Waals surface area contributed by atoms with Gasteiger partial charge in [0, 0.05) is 23.2 Å². The Kier molecular flexibility index (Phi) is 6.44. The maximum absolute atomic E-state index is 14.2. The summed E-state index contributed by atoms with van der Waals surface area (Å²) in [6.45, 7) is 5.88. The van der Waals surface area contributed by atoms with E-state index in [1.54, 1.807) is 32.9 Å². The first-order valence-corrected chi connectivity index (χ1v) is 11.7. The van der Waals surface area contributed by atoms with Crippen LogP contribution in [-0.2, 0) is 10.0 Å². The van der Waals surface area contributed by atoms with Crippen LogP contribution < -0.4 is 10.1 Å². The molecule has 1 N–H and O–H groups in total. The standard InChI is InChI=1S/C21H23FN2O4S2/c1-5-24(6-2)30(26,27)14-10-11-17(28-4)16(12-14)23-21(25)20-13(3)19-15(22)8-7-9-18(19)29-20/h7-12H,5-6H2,1-4H3,(H,23,25). The zero-order valence-electron chi connectivity index (χ0n) is 17.2. The third-order valence-electron chi connectivity index (χ3n) is 4.87. The molecule has 0 unspecified atom stereocenters. The largest absolute Gasteiger partial charge is 0.495 e. The molecular formula is C21H23FN2O4S2. The molecule has 0 atom stereocenters. The summed E-state index contributed by atoms with van der Waals surface area (Å²) < 4.78 is 47.2. The van der Waals surface area contributed by atoms with Gasteiger partial charge in [-0.3, -0.25) is 4.79 Å². The van der Waals surface area contributed by atoms with Crippen molar-refractivity contribution in [2.45, 2.75) is 25.7 Å². The van der Waals surface area contributed by atoms with E-state index in [4.69, 9.17) is 4.74 Å². The van der Waals surface area contributed by atoms with E-state index in [-0.39, 0.29) is 16.4 Å². The SMILES string of the molecule is CCN(CC)S(=O)(=O)c1ccc(OC)c(NC(=O)c2sc3cccc(F)c3c2C)c1. The van der Waals surface area contributed by atoms with Crippen molar-refractivity contribution < 1.29 is 22.3 Å². The minimum atomic E-state index is -3.70. The Balaban J connectivity index is 2.01. The summed E-state index contributed by atoms with van der Waals surface area (Å²) in [6.07, 6.45) is 0. The molecule has 3 rings (SSSR count). The fourth-order valence-corrected chi connectivity index (χ4v) is 5.91. The predicted molar refractivity (Wildman–Crippen MR) is 118 cm³/mol. The number of carbonyl (C=O) groups excluding carboxylic acids is 1. The van der Waals surface area contributed by atoms with Crippen molar-refractivity contribution in [2.24, 2.45) is 0 Å². The van der Waals surface area contributed by atoms with Crippen molar-refractivity contribution in [1.82, 2.24) is 4.31 Å². The molecule has 0 saturated heterocycles. The van der Waals surface area contributed by atoms with E-state index in [9.17, 15) is 17.6 Å². The van der Waals surface area contributed by atoms with E-state index in [1.165, 1.54) is 47.0 Å². The lowest BCUT2D eigenvalue weighted by Gasteiger charge is -2.19. The third kappa shape index (κ3) is 3.92. The van der Waals surface area contributed by atoms with Crippen LogP contribution in [0.1, 0.15) is 29.1 Å². The van der Waals surface area contributed by atoms with Gasteiger partial charge >= 0.3 is 0 Å². The monoisotopic (exact) mass is 450 g/mol. The van der Waals surface area contributed by atoms with Gasteiger partial charge in [-0.05, 0) is 42.8 Å². The lowest BCUT2D eigenvalue weighted by atomic mass is 10.1. The summed E-state index contributed by atoms with van der Waals surface area (Å²) in [5.74, 6) is -0.513. The number of thiophene rings is 1. The number of aryl methyl sites for hydroxylation is 1. The molecule has 0 bridgehead atoms. The highest BCUT2D eigenvalue weighted by Crippen LogP contribution is 2.34. The lowest BCUT2D eigenvalue weighted by Crippen LogP contribution is -2.30. The number of methoxy groups -OCH3 is 1. The third-order valence-corrected chi connectivity index (χ3v) is 8.17. The molecule has 0 spiro atoms. The van der Waals surface area contributed by atoms with E-state index in [1.807, 2.05) is 0 Å². The summed E-state index contributed by atoms with van der Waals surface area (Å²) in [5.41, 5.74) is 0.768. The molecule has 0 aliphatic heterocycles. The quantitative estimate of drug-likeness (QED) is 0.569. The number of fused-ring (bicyclic) bond motifs is 1. The van der Waals surface area contributed by atoms with Crippen LogP contribution in [-0.4, -0.2) is 38.8 Å². The number of nitrogens with zero attached hydrogens (tertiary/aromatic N) is 1. The van der Waals surface area contributed by atoms with E-state index in [0.717, 1.165) is 0 Å². The number of hydrogen-bond acceptors (Lipinski definition) is 5. The molecule has 2 aromatic carbocycles. The molecule has 1 heterocycles. The molecule has 0 fully saturated rings. The summed E-state index contributed by atoms with van der Waals surface area (Å²) in [5, 5.41) is 3.14. The Morgan fingerprint density at radius 2 is 1.90 bits per heavy atom. The molecule has 30 heavy (non-hydrogen) atoms. The second-order valence-corrected chi connectivity index (χ2v) is 9.56. The Hall–Kier alpha value is -2.49. The van der Waals surface area contributed by atoms with E-state index in [0.29, 0.717) is 39.4 Å². The molecule has 0 aliphatic carbocycles. The molecular weight excluding hydrogens is 427 g/mol. The maximum Gasteiger partial charge on any atom is 0.266 e. The summed E-state index contributed by atoms with van der Waals surface area (Å²) in [4.78, 5) is 13.4. The van der Waals surface area contributed by atoms with Gasteiger partial charge in [-0.2, -0.15) is 4.31 Å².